The lowest BCUT2D eigenvalue weighted by atomic mass is 10.1. The molecule has 0 bridgehead atoms. The van der Waals surface area contributed by atoms with Crippen LogP contribution in [0.4, 0.5) is 35.1 Å². The van der Waals surface area contributed by atoms with Crippen molar-refractivity contribution in [3.63, 3.8) is 0 Å². The van der Waals surface area contributed by atoms with E-state index in [2.05, 4.69) is 20.3 Å². The minimum Gasteiger partial charge on any atom is -0.493 e. The number of aromatic nitrogens is 3. The van der Waals surface area contributed by atoms with Crippen molar-refractivity contribution in [3.8, 4) is 5.75 Å². The molecule has 0 unspecified atom stereocenters. The van der Waals surface area contributed by atoms with Crippen LogP contribution in [-0.2, 0) is 5.67 Å². The number of halogens is 5. The number of hydrogen-bond donors (Lipinski definition) is 2. The van der Waals surface area contributed by atoms with Gasteiger partial charge in [-0.15, -0.1) is 0 Å². The summed E-state index contributed by atoms with van der Waals surface area (Å²) >= 11 is 5.59. The van der Waals surface area contributed by atoms with Gasteiger partial charge in [0, 0.05) is 0 Å². The Morgan fingerprint density at radius 3 is 2.25 bits per heavy atom. The Labute approximate surface area is 139 Å². The standard InChI is InChI=1S/C13H12ClF4N5O/c1-13(2,18)10-21-11(19)23-12(22-10)20-8-7(17)6(16)5(15)4(14)9(8)24-3/h1-3H3,(H3,19,20,21,22,23). The number of ether oxygens (including phenoxy) is 1. The molecule has 2 rings (SSSR count). The number of nitrogens with two attached hydrogens (primary N) is 1. The van der Waals surface area contributed by atoms with E-state index in [4.69, 9.17) is 22.1 Å². The van der Waals surface area contributed by atoms with Crippen LogP contribution in [0.1, 0.15) is 19.7 Å². The van der Waals surface area contributed by atoms with E-state index < -0.39 is 45.5 Å². The van der Waals surface area contributed by atoms with Crippen molar-refractivity contribution >= 4 is 29.2 Å². The van der Waals surface area contributed by atoms with Gasteiger partial charge in [0.15, 0.2) is 34.7 Å². The van der Waals surface area contributed by atoms with Crippen LogP contribution in [0.5, 0.6) is 5.75 Å². The van der Waals surface area contributed by atoms with Crippen LogP contribution in [0, 0.1) is 17.5 Å². The average molecular weight is 366 g/mol. The first-order chi connectivity index (χ1) is 11.1. The number of methoxy groups -OCH3 is 1. The SMILES string of the molecule is COc1c(Cl)c(F)c(F)c(F)c1Nc1nc(N)nc(C(C)(C)F)n1. The van der Waals surface area contributed by atoms with E-state index in [1.807, 2.05) is 0 Å². The molecule has 130 valence electrons. The van der Waals surface area contributed by atoms with E-state index in [-0.39, 0.29) is 11.8 Å². The Kier molecular flexibility index (Phi) is 4.70. The molecule has 1 aromatic carbocycles. The molecule has 0 aliphatic carbocycles. The van der Waals surface area contributed by atoms with Crippen molar-refractivity contribution in [2.45, 2.75) is 19.5 Å². The molecule has 1 aromatic heterocycles. The van der Waals surface area contributed by atoms with E-state index in [1.54, 1.807) is 0 Å². The van der Waals surface area contributed by atoms with Gasteiger partial charge in [0.05, 0.1) is 7.11 Å². The molecule has 0 radical (unpaired) electrons. The molecule has 11 heteroatoms. The molecule has 0 atom stereocenters. The molecule has 0 fully saturated rings. The summed E-state index contributed by atoms with van der Waals surface area (Å²) in [6.07, 6.45) is 0. The zero-order valence-electron chi connectivity index (χ0n) is 12.7. The number of hydrogen-bond acceptors (Lipinski definition) is 6. The molecule has 0 saturated carbocycles. The number of benzene rings is 1. The second-order valence-electron chi connectivity index (χ2n) is 5.10. The number of nitrogen functional groups attached to an aromatic ring is 1. The van der Waals surface area contributed by atoms with Crippen LogP contribution in [0.3, 0.4) is 0 Å². The van der Waals surface area contributed by atoms with Crippen molar-refractivity contribution in [2.24, 2.45) is 0 Å². The van der Waals surface area contributed by atoms with Crippen molar-refractivity contribution in [2.75, 3.05) is 18.2 Å². The zero-order chi connectivity index (χ0) is 18.2. The minimum absolute atomic E-state index is 0.342. The average Bonchev–Trinajstić information content (AvgIpc) is 2.49. The van der Waals surface area contributed by atoms with E-state index in [0.717, 1.165) is 7.11 Å². The fourth-order valence-electron chi connectivity index (χ4n) is 1.74. The molecular formula is C13H12ClF4N5O. The highest BCUT2D eigenvalue weighted by atomic mass is 35.5. The third kappa shape index (κ3) is 3.28. The van der Waals surface area contributed by atoms with Crippen LogP contribution in [-0.4, -0.2) is 22.1 Å². The van der Waals surface area contributed by atoms with E-state index in [0.29, 0.717) is 0 Å². The van der Waals surface area contributed by atoms with Crippen molar-refractivity contribution in [3.05, 3.63) is 28.3 Å². The van der Waals surface area contributed by atoms with Gasteiger partial charge in [-0.2, -0.15) is 15.0 Å². The van der Waals surface area contributed by atoms with Crippen LogP contribution >= 0.6 is 11.6 Å². The second-order valence-corrected chi connectivity index (χ2v) is 5.48. The Hall–Kier alpha value is -2.36. The van der Waals surface area contributed by atoms with Gasteiger partial charge in [0.2, 0.25) is 11.9 Å². The van der Waals surface area contributed by atoms with Gasteiger partial charge in [-0.05, 0) is 13.8 Å². The molecule has 24 heavy (non-hydrogen) atoms. The van der Waals surface area contributed by atoms with Gasteiger partial charge >= 0.3 is 0 Å². The van der Waals surface area contributed by atoms with Gasteiger partial charge in [-0.1, -0.05) is 11.6 Å². The van der Waals surface area contributed by atoms with E-state index in [9.17, 15) is 17.6 Å². The van der Waals surface area contributed by atoms with Crippen LogP contribution in [0.25, 0.3) is 0 Å². The number of alkyl halides is 1. The Morgan fingerprint density at radius 2 is 1.71 bits per heavy atom. The van der Waals surface area contributed by atoms with Crippen molar-refractivity contribution < 1.29 is 22.3 Å². The molecule has 2 aromatic rings. The van der Waals surface area contributed by atoms with Crippen LogP contribution < -0.4 is 15.8 Å². The molecule has 3 N–H and O–H groups in total. The maximum Gasteiger partial charge on any atom is 0.232 e. The van der Waals surface area contributed by atoms with Crippen molar-refractivity contribution in [1.82, 2.24) is 15.0 Å². The summed E-state index contributed by atoms with van der Waals surface area (Å²) in [6.45, 7) is 2.34. The van der Waals surface area contributed by atoms with Gasteiger partial charge in [0.25, 0.3) is 0 Å². The predicted molar refractivity (Wildman–Crippen MR) is 79.5 cm³/mol. The second kappa shape index (κ2) is 6.27. The Morgan fingerprint density at radius 1 is 1.08 bits per heavy atom. The molecule has 1 heterocycles. The molecular weight excluding hydrogens is 354 g/mol. The first-order valence-corrected chi connectivity index (χ1v) is 6.82. The highest BCUT2D eigenvalue weighted by Crippen LogP contribution is 2.40. The summed E-state index contributed by atoms with van der Waals surface area (Å²) in [5, 5.41) is 1.47. The Balaban J connectivity index is 2.59. The highest BCUT2D eigenvalue weighted by Gasteiger charge is 2.27. The van der Waals surface area contributed by atoms with Crippen molar-refractivity contribution in [1.29, 1.82) is 0 Å². The third-order valence-corrected chi connectivity index (χ3v) is 3.19. The quantitative estimate of drug-likeness (QED) is 0.490. The fourth-order valence-corrected chi connectivity index (χ4v) is 2.00. The summed E-state index contributed by atoms with van der Waals surface area (Å²) in [7, 11) is 1.07. The maximum absolute atomic E-state index is 14.0. The third-order valence-electron chi connectivity index (χ3n) is 2.85. The summed E-state index contributed by atoms with van der Waals surface area (Å²) in [4.78, 5) is 11.0. The summed E-state index contributed by atoms with van der Waals surface area (Å²) < 4.78 is 59.8. The number of nitrogens with one attached hydrogen (secondary N) is 1. The molecule has 6 nitrogen and oxygen atoms in total. The topological polar surface area (TPSA) is 86.0 Å². The highest BCUT2D eigenvalue weighted by molar-refractivity contribution is 6.32. The first-order valence-electron chi connectivity index (χ1n) is 6.44. The molecule has 0 aliphatic heterocycles. The fraction of sp³-hybridized carbons (Fsp3) is 0.308. The van der Waals surface area contributed by atoms with E-state index in [1.165, 1.54) is 13.8 Å². The first kappa shape index (κ1) is 18.0. The zero-order valence-corrected chi connectivity index (χ0v) is 13.5. The lowest BCUT2D eigenvalue weighted by molar-refractivity contribution is 0.206. The monoisotopic (exact) mass is 365 g/mol. The summed E-state index contributed by atoms with van der Waals surface area (Å²) in [5.41, 5.74) is 2.81. The molecule has 0 aliphatic rings. The molecule has 0 spiro atoms. The summed E-state index contributed by atoms with van der Waals surface area (Å²) in [5.74, 6) is -6.68. The van der Waals surface area contributed by atoms with Gasteiger partial charge in [-0.25, -0.2) is 17.6 Å². The van der Waals surface area contributed by atoms with Crippen LogP contribution in [0.2, 0.25) is 5.02 Å². The Bertz CT molecular complexity index is 797. The van der Waals surface area contributed by atoms with Gasteiger partial charge in [0.1, 0.15) is 10.7 Å². The van der Waals surface area contributed by atoms with Gasteiger partial charge in [-0.3, -0.25) is 0 Å². The number of anilines is 3. The maximum atomic E-state index is 14.0. The number of nitrogens with zero attached hydrogens (tertiary/aromatic N) is 3. The molecule has 0 amide bonds. The van der Waals surface area contributed by atoms with Crippen LogP contribution in [0.15, 0.2) is 0 Å². The van der Waals surface area contributed by atoms with E-state index >= 15 is 0 Å². The predicted octanol–water partition coefficient (Wildman–Crippen LogP) is 3.48. The number of rotatable bonds is 4. The summed E-state index contributed by atoms with van der Waals surface area (Å²) in [6, 6.07) is 0. The minimum atomic E-state index is -1.97. The smallest absolute Gasteiger partial charge is 0.232 e. The van der Waals surface area contributed by atoms with Gasteiger partial charge < -0.3 is 15.8 Å². The lowest BCUT2D eigenvalue weighted by Crippen LogP contribution is -2.18. The molecule has 0 saturated heterocycles. The normalized spacial score (nSPS) is 11.5. The largest absolute Gasteiger partial charge is 0.493 e. The lowest BCUT2D eigenvalue weighted by Gasteiger charge is -2.16.